The topological polar surface area (TPSA) is 63.6 Å². The Bertz CT molecular complexity index is 729. The molecule has 0 saturated heterocycles. The average molecular weight is 417 g/mol. The van der Waals surface area contributed by atoms with Gasteiger partial charge in [0.25, 0.3) is 0 Å². The molecular weight excluding hydrogens is 376 g/mol. The van der Waals surface area contributed by atoms with Crippen LogP contribution in [0.15, 0.2) is 12.2 Å². The highest BCUT2D eigenvalue weighted by Gasteiger charge is 2.63. The van der Waals surface area contributed by atoms with Crippen LogP contribution in [0.3, 0.4) is 0 Å². The van der Waals surface area contributed by atoms with Crippen LogP contribution in [0, 0.1) is 46.3 Å². The van der Waals surface area contributed by atoms with Crippen molar-refractivity contribution in [3.05, 3.63) is 12.2 Å². The van der Waals surface area contributed by atoms with Gasteiger partial charge >= 0.3 is 5.97 Å². The summed E-state index contributed by atoms with van der Waals surface area (Å²) in [5, 5.41) is 10.3. The van der Waals surface area contributed by atoms with Crippen LogP contribution in [0.4, 0.5) is 0 Å². The maximum Gasteiger partial charge on any atom is 0.305 e. The Morgan fingerprint density at radius 1 is 1.17 bits per heavy atom. The molecule has 9 atom stereocenters. The molecule has 4 saturated carbocycles. The van der Waals surface area contributed by atoms with E-state index in [1.165, 1.54) is 13.5 Å². The number of aliphatic hydroxyl groups is 1. The minimum atomic E-state index is -0.287. The first-order valence-electron chi connectivity index (χ1n) is 12.1. The summed E-state index contributed by atoms with van der Waals surface area (Å²) >= 11 is 0. The van der Waals surface area contributed by atoms with Crippen molar-refractivity contribution in [2.24, 2.45) is 46.3 Å². The number of hydrogen-bond donors (Lipinski definition) is 1. The van der Waals surface area contributed by atoms with Crippen LogP contribution in [0.5, 0.6) is 0 Å². The molecule has 4 nitrogen and oxygen atoms in total. The number of rotatable bonds is 4. The molecule has 0 aromatic carbocycles. The number of methoxy groups -OCH3 is 1. The van der Waals surface area contributed by atoms with Gasteiger partial charge in [-0.25, -0.2) is 0 Å². The summed E-state index contributed by atoms with van der Waals surface area (Å²) in [5.41, 5.74) is 1.07. The second kappa shape index (κ2) is 7.76. The molecule has 168 valence electrons. The lowest BCUT2D eigenvalue weighted by Gasteiger charge is -2.60. The van der Waals surface area contributed by atoms with Crippen molar-refractivity contribution in [2.45, 2.75) is 84.7 Å². The van der Waals surface area contributed by atoms with Gasteiger partial charge in [-0.3, -0.25) is 9.59 Å². The average Bonchev–Trinajstić information content (AvgIpc) is 3.08. The molecule has 4 rings (SSSR count). The zero-order valence-electron chi connectivity index (χ0n) is 19.3. The Hall–Kier alpha value is -1.16. The molecule has 0 aromatic heterocycles. The summed E-state index contributed by atoms with van der Waals surface area (Å²) in [6.45, 7) is 11.4. The van der Waals surface area contributed by atoms with Gasteiger partial charge in [-0.2, -0.15) is 0 Å². The van der Waals surface area contributed by atoms with Crippen LogP contribution in [0.25, 0.3) is 0 Å². The molecule has 4 aliphatic rings. The number of ketones is 1. The third kappa shape index (κ3) is 3.20. The van der Waals surface area contributed by atoms with Crippen molar-refractivity contribution < 1.29 is 19.4 Å². The summed E-state index contributed by atoms with van der Waals surface area (Å²) in [6.07, 6.45) is 8.20. The number of fused-ring (bicyclic) bond motifs is 5. The van der Waals surface area contributed by atoms with Crippen LogP contribution >= 0.6 is 0 Å². The van der Waals surface area contributed by atoms with Gasteiger partial charge in [0.05, 0.1) is 13.2 Å². The Labute approximate surface area is 181 Å². The molecule has 0 spiro atoms. The fourth-order valence-electron chi connectivity index (χ4n) is 8.55. The fourth-order valence-corrected chi connectivity index (χ4v) is 8.55. The van der Waals surface area contributed by atoms with Gasteiger partial charge in [0, 0.05) is 12.3 Å². The normalized spacial score (nSPS) is 46.6. The molecule has 4 aliphatic carbocycles. The van der Waals surface area contributed by atoms with Crippen molar-refractivity contribution in [2.75, 3.05) is 7.11 Å². The van der Waals surface area contributed by atoms with Gasteiger partial charge < -0.3 is 9.84 Å². The van der Waals surface area contributed by atoms with Crippen LogP contribution in [-0.4, -0.2) is 30.1 Å². The predicted octanol–water partition coefficient (Wildman–Crippen LogP) is 4.94. The van der Waals surface area contributed by atoms with E-state index in [4.69, 9.17) is 4.74 Å². The molecule has 4 heteroatoms. The van der Waals surface area contributed by atoms with Crippen LogP contribution in [0.2, 0.25) is 0 Å². The Morgan fingerprint density at radius 2 is 1.83 bits per heavy atom. The molecule has 1 unspecified atom stereocenters. The molecule has 1 N–H and O–H groups in total. The van der Waals surface area contributed by atoms with Gasteiger partial charge in [-0.05, 0) is 97.4 Å². The first-order valence-corrected chi connectivity index (χ1v) is 12.1. The van der Waals surface area contributed by atoms with E-state index in [1.54, 1.807) is 0 Å². The lowest BCUT2D eigenvalue weighted by Crippen LogP contribution is -2.58. The standard InChI is InChI=1S/C26H40O4/c1-15(6-9-22(28)30-5)18-7-8-19-23-20(11-13-25(18,19)3)26(4)12-10-17(27)14-21(26)16(2)24(23)29/h15,17-21,23,27H,2,6-14H2,1,3-5H3/t15?,17-,18-,19+,20+,21+,23+,25-,26-/m1/s1. The maximum atomic E-state index is 13.6. The predicted molar refractivity (Wildman–Crippen MR) is 117 cm³/mol. The van der Waals surface area contributed by atoms with Gasteiger partial charge in [0.15, 0.2) is 5.78 Å². The van der Waals surface area contributed by atoms with Crippen LogP contribution < -0.4 is 0 Å². The number of esters is 1. The number of Topliss-reactive ketones (excluding diaryl/α,β-unsaturated/α-hetero) is 1. The zero-order valence-corrected chi connectivity index (χ0v) is 19.3. The first-order chi connectivity index (χ1) is 14.1. The summed E-state index contributed by atoms with van der Waals surface area (Å²) in [6, 6.07) is 0. The third-order valence-corrected chi connectivity index (χ3v) is 10.3. The number of hydrogen-bond acceptors (Lipinski definition) is 4. The van der Waals surface area contributed by atoms with Crippen molar-refractivity contribution in [1.29, 1.82) is 0 Å². The minimum absolute atomic E-state index is 0.102. The second-order valence-corrected chi connectivity index (χ2v) is 11.4. The Kier molecular flexibility index (Phi) is 5.70. The van der Waals surface area contributed by atoms with Crippen molar-refractivity contribution >= 4 is 11.8 Å². The number of aliphatic hydroxyl groups excluding tert-OH is 1. The summed E-state index contributed by atoms with van der Waals surface area (Å²) < 4.78 is 4.85. The summed E-state index contributed by atoms with van der Waals surface area (Å²) in [4.78, 5) is 25.3. The molecule has 0 aliphatic heterocycles. The van der Waals surface area contributed by atoms with Gasteiger partial charge in [-0.15, -0.1) is 0 Å². The number of carbonyl (C=O) groups excluding carboxylic acids is 2. The van der Waals surface area contributed by atoms with E-state index in [0.29, 0.717) is 42.3 Å². The highest BCUT2D eigenvalue weighted by Crippen LogP contribution is 2.68. The lowest BCUT2D eigenvalue weighted by molar-refractivity contribution is -0.150. The van der Waals surface area contributed by atoms with E-state index in [9.17, 15) is 14.7 Å². The molecule has 0 bridgehead atoms. The molecular formula is C26H40O4. The smallest absolute Gasteiger partial charge is 0.305 e. The van der Waals surface area contributed by atoms with Gasteiger partial charge in [-0.1, -0.05) is 27.4 Å². The second-order valence-electron chi connectivity index (χ2n) is 11.4. The highest BCUT2D eigenvalue weighted by molar-refractivity contribution is 5.99. The SMILES string of the molecule is C=C1C(=O)[C@@H]2[C@H](CC[C@]3(C)[C@@H](C(C)CCC(=O)OC)CC[C@@H]23)[C@@]2(C)CC[C@@H](O)C[C@@H]12. The minimum Gasteiger partial charge on any atom is -0.469 e. The van der Waals surface area contributed by atoms with E-state index in [1.807, 2.05) is 0 Å². The molecule has 0 radical (unpaired) electrons. The van der Waals surface area contributed by atoms with Gasteiger partial charge in [0.1, 0.15) is 0 Å². The largest absolute Gasteiger partial charge is 0.469 e. The van der Waals surface area contributed by atoms with Crippen molar-refractivity contribution in [3.63, 3.8) is 0 Å². The molecule has 0 amide bonds. The third-order valence-electron chi connectivity index (χ3n) is 10.3. The van der Waals surface area contributed by atoms with E-state index >= 15 is 0 Å². The molecule has 0 aromatic rings. The number of allylic oxidation sites excluding steroid dienone is 1. The Morgan fingerprint density at radius 3 is 2.53 bits per heavy atom. The van der Waals surface area contributed by atoms with E-state index in [2.05, 4.69) is 27.4 Å². The van der Waals surface area contributed by atoms with Crippen LogP contribution in [-0.2, 0) is 14.3 Å². The molecule has 0 heterocycles. The monoisotopic (exact) mass is 416 g/mol. The fraction of sp³-hybridized carbons (Fsp3) is 0.846. The van der Waals surface area contributed by atoms with E-state index in [-0.39, 0.29) is 34.7 Å². The van der Waals surface area contributed by atoms with Crippen LogP contribution in [0.1, 0.15) is 78.6 Å². The number of carbonyl (C=O) groups is 2. The quantitative estimate of drug-likeness (QED) is 0.521. The van der Waals surface area contributed by atoms with E-state index in [0.717, 1.165) is 44.1 Å². The summed E-state index contributed by atoms with van der Waals surface area (Å²) in [5.74, 6) is 2.31. The Balaban J connectivity index is 1.58. The molecule has 30 heavy (non-hydrogen) atoms. The molecule has 4 fully saturated rings. The summed E-state index contributed by atoms with van der Waals surface area (Å²) in [7, 11) is 1.46. The maximum absolute atomic E-state index is 13.6. The zero-order chi connectivity index (χ0) is 21.8. The van der Waals surface area contributed by atoms with Crippen molar-refractivity contribution in [3.8, 4) is 0 Å². The number of ether oxygens (including phenoxy) is 1. The highest BCUT2D eigenvalue weighted by atomic mass is 16.5. The van der Waals surface area contributed by atoms with E-state index < -0.39 is 0 Å². The lowest BCUT2D eigenvalue weighted by atomic mass is 9.43. The van der Waals surface area contributed by atoms with Gasteiger partial charge in [0.2, 0.25) is 0 Å². The van der Waals surface area contributed by atoms with Crippen molar-refractivity contribution in [1.82, 2.24) is 0 Å². The first kappa shape index (κ1) is 22.0.